The van der Waals surface area contributed by atoms with E-state index in [1.165, 1.54) is 4.72 Å². The zero-order valence-corrected chi connectivity index (χ0v) is 14.8. The Morgan fingerprint density at radius 3 is 2.52 bits per heavy atom. The number of thiophene rings is 1. The summed E-state index contributed by atoms with van der Waals surface area (Å²) in [4.78, 5) is 38.9. The summed E-state index contributed by atoms with van der Waals surface area (Å²) in [6.07, 6.45) is 0. The molecule has 1 amide bonds. The summed E-state index contributed by atoms with van der Waals surface area (Å²) in [6, 6.07) is -1.91. The molecule has 25 heavy (non-hydrogen) atoms. The third-order valence-corrected chi connectivity index (χ3v) is 5.56. The zero-order chi connectivity index (χ0) is 18.9. The number of ether oxygens (including phenoxy) is 1. The number of hydrogen-bond donors (Lipinski definition) is 2. The molecule has 0 aliphatic carbocycles. The number of hydrogen-bond acceptors (Lipinski definition) is 9. The topological polar surface area (TPSA) is 159 Å². The molecule has 0 atom stereocenters. The predicted molar refractivity (Wildman–Crippen MR) is 82.9 cm³/mol. The van der Waals surface area contributed by atoms with Crippen molar-refractivity contribution < 1.29 is 32.7 Å². The van der Waals surface area contributed by atoms with Gasteiger partial charge in [-0.1, -0.05) is 16.3 Å². The first-order chi connectivity index (χ1) is 11.6. The van der Waals surface area contributed by atoms with Crippen molar-refractivity contribution in [3.63, 3.8) is 0 Å². The number of aromatic carboxylic acids is 1. The van der Waals surface area contributed by atoms with Gasteiger partial charge in [0.15, 0.2) is 0 Å². The summed E-state index contributed by atoms with van der Waals surface area (Å²) >= 11 is 6.36. The molecular formula is C10H9ClN4O8S2. The van der Waals surface area contributed by atoms with Gasteiger partial charge in [0.1, 0.15) is 16.3 Å². The number of halogens is 1. The maximum absolute atomic E-state index is 12.3. The van der Waals surface area contributed by atoms with E-state index >= 15 is 0 Å². The van der Waals surface area contributed by atoms with Crippen LogP contribution in [0.1, 0.15) is 10.4 Å². The number of nitrogens with zero attached hydrogens (tertiary/aromatic N) is 3. The van der Waals surface area contributed by atoms with Gasteiger partial charge in [-0.2, -0.15) is 0 Å². The van der Waals surface area contributed by atoms with Crippen molar-refractivity contribution in [3.8, 4) is 6.01 Å². The molecule has 0 saturated heterocycles. The van der Waals surface area contributed by atoms with Gasteiger partial charge in [0.2, 0.25) is 0 Å². The second-order valence-electron chi connectivity index (χ2n) is 4.13. The fourth-order valence-electron chi connectivity index (χ4n) is 1.68. The van der Waals surface area contributed by atoms with Gasteiger partial charge in [-0.05, 0) is 0 Å². The first-order valence-electron chi connectivity index (χ1n) is 6.02. The van der Waals surface area contributed by atoms with Crippen LogP contribution in [0.3, 0.4) is 0 Å². The summed E-state index contributed by atoms with van der Waals surface area (Å²) in [5, 5.41) is 13.4. The minimum absolute atomic E-state index is 0.126. The van der Waals surface area contributed by atoms with Crippen molar-refractivity contribution in [3.05, 3.63) is 25.8 Å². The maximum atomic E-state index is 12.3. The number of amides is 1. The Morgan fingerprint density at radius 2 is 2.04 bits per heavy atom. The normalized spacial score (nSPS) is 11.2. The van der Waals surface area contributed by atoms with Crippen LogP contribution >= 0.6 is 22.9 Å². The van der Waals surface area contributed by atoms with Crippen molar-refractivity contribution in [2.45, 2.75) is 4.90 Å². The van der Waals surface area contributed by atoms with Crippen LogP contribution in [-0.4, -0.2) is 54.3 Å². The van der Waals surface area contributed by atoms with Crippen LogP contribution in [0, 0.1) is 0 Å². The minimum Gasteiger partial charge on any atom is -0.478 e. The molecule has 0 saturated carbocycles. The molecule has 15 heteroatoms. The predicted octanol–water partition coefficient (Wildman–Crippen LogP) is -0.528. The van der Waals surface area contributed by atoms with Crippen LogP contribution < -0.4 is 20.0 Å². The molecule has 0 spiro atoms. The summed E-state index contributed by atoms with van der Waals surface area (Å²) in [5.41, 5.74) is -1.77. The molecule has 0 fully saturated rings. The van der Waals surface area contributed by atoms with E-state index in [-0.39, 0.29) is 9.02 Å². The molecule has 0 aliphatic rings. The lowest BCUT2D eigenvalue weighted by molar-refractivity contribution is 0.0693. The van der Waals surface area contributed by atoms with E-state index < -0.39 is 44.2 Å². The van der Waals surface area contributed by atoms with Gasteiger partial charge in [-0.3, -0.25) is 0 Å². The average molecular weight is 413 g/mol. The highest BCUT2D eigenvalue weighted by Crippen LogP contribution is 2.31. The summed E-state index contributed by atoms with van der Waals surface area (Å²) < 4.78 is 31.0. The number of aromatic nitrogens is 3. The molecule has 2 rings (SSSR count). The van der Waals surface area contributed by atoms with Gasteiger partial charge in [-0.15, -0.1) is 21.1 Å². The van der Waals surface area contributed by atoms with Crippen LogP contribution in [0.2, 0.25) is 4.34 Å². The van der Waals surface area contributed by atoms with Crippen LogP contribution in [0.4, 0.5) is 4.79 Å². The Labute approximate surface area is 148 Å². The maximum Gasteiger partial charge on any atom is 0.391 e. The van der Waals surface area contributed by atoms with Gasteiger partial charge in [0, 0.05) is 5.38 Å². The molecular weight excluding hydrogens is 404 g/mol. The third kappa shape index (κ3) is 3.31. The lowest BCUT2D eigenvalue weighted by Gasteiger charge is -2.06. The number of carboxylic acids is 1. The summed E-state index contributed by atoms with van der Waals surface area (Å²) in [7, 11) is -2.47. The largest absolute Gasteiger partial charge is 0.478 e. The molecule has 0 aromatic carbocycles. The summed E-state index contributed by atoms with van der Waals surface area (Å²) in [5.74, 6) is -1.56. The van der Waals surface area contributed by atoms with Crippen LogP contribution in [0.5, 0.6) is 6.01 Å². The molecule has 0 unspecified atom stereocenters. The van der Waals surface area contributed by atoms with Gasteiger partial charge < -0.3 is 14.7 Å². The Kier molecular flexibility index (Phi) is 5.05. The third-order valence-electron chi connectivity index (χ3n) is 2.70. The van der Waals surface area contributed by atoms with E-state index in [1.54, 1.807) is 0 Å². The van der Waals surface area contributed by atoms with Gasteiger partial charge in [0.25, 0.3) is 10.0 Å². The second kappa shape index (κ2) is 6.73. The van der Waals surface area contributed by atoms with Crippen molar-refractivity contribution >= 4 is 45.0 Å². The standard InChI is InChI=1S/C10H9ClN4O8S2/c1-22-9-12-14(10(19)15(9)23-2)8(18)13-25(20,21)5-4(7(16)17)3-24-6(5)11/h3H,1-2H3,(H,13,18)(H,16,17). The lowest BCUT2D eigenvalue weighted by atomic mass is 10.3. The van der Waals surface area contributed by atoms with Crippen LogP contribution in [0.25, 0.3) is 0 Å². The highest BCUT2D eigenvalue weighted by atomic mass is 35.5. The second-order valence-corrected chi connectivity index (χ2v) is 7.23. The van der Waals surface area contributed by atoms with Crippen molar-refractivity contribution in [1.82, 2.24) is 19.2 Å². The highest BCUT2D eigenvalue weighted by Gasteiger charge is 2.31. The number of methoxy groups -OCH3 is 1. The van der Waals surface area contributed by atoms with Gasteiger partial charge >= 0.3 is 23.7 Å². The van der Waals surface area contributed by atoms with E-state index in [0.717, 1.165) is 19.6 Å². The molecule has 2 N–H and O–H groups in total. The molecule has 2 aromatic heterocycles. The smallest absolute Gasteiger partial charge is 0.391 e. The lowest BCUT2D eigenvalue weighted by Crippen LogP contribution is -2.41. The monoisotopic (exact) mass is 412 g/mol. The quantitative estimate of drug-likeness (QED) is 0.658. The number of carbonyl (C=O) groups excluding carboxylic acids is 1. The molecule has 12 nitrogen and oxygen atoms in total. The molecule has 136 valence electrons. The first kappa shape index (κ1) is 18.8. The Hall–Kier alpha value is -2.58. The number of rotatable bonds is 5. The fourth-order valence-corrected chi connectivity index (χ4v) is 4.49. The zero-order valence-electron chi connectivity index (χ0n) is 12.4. The fraction of sp³-hybridized carbons (Fsp3) is 0.200. The number of carbonyl (C=O) groups is 2. The molecule has 0 radical (unpaired) electrons. The molecule has 2 aromatic rings. The molecule has 0 aliphatic heterocycles. The van der Waals surface area contributed by atoms with Crippen molar-refractivity contribution in [2.75, 3.05) is 14.2 Å². The van der Waals surface area contributed by atoms with E-state index in [0.29, 0.717) is 16.1 Å². The van der Waals surface area contributed by atoms with Crippen molar-refractivity contribution in [2.24, 2.45) is 0 Å². The Balaban J connectivity index is 2.45. The summed E-state index contributed by atoms with van der Waals surface area (Å²) in [6.45, 7) is 0. The first-order valence-corrected chi connectivity index (χ1v) is 8.76. The molecule has 0 bridgehead atoms. The highest BCUT2D eigenvalue weighted by molar-refractivity contribution is 7.90. The van der Waals surface area contributed by atoms with E-state index in [9.17, 15) is 22.8 Å². The van der Waals surface area contributed by atoms with Crippen LogP contribution in [-0.2, 0) is 10.0 Å². The van der Waals surface area contributed by atoms with Gasteiger partial charge in [-0.25, -0.2) is 27.5 Å². The molecule has 2 heterocycles. The Morgan fingerprint density at radius 1 is 1.40 bits per heavy atom. The van der Waals surface area contributed by atoms with E-state index in [2.05, 4.69) is 9.94 Å². The number of nitrogens with one attached hydrogen (secondary N) is 1. The minimum atomic E-state index is -4.70. The number of carboxylic acid groups (broad SMARTS) is 1. The Bertz CT molecular complexity index is 1000. The van der Waals surface area contributed by atoms with E-state index in [1.807, 2.05) is 0 Å². The average Bonchev–Trinajstić information content (AvgIpc) is 3.07. The SMILES string of the molecule is COc1nn(C(=O)NS(=O)(=O)c2c(C(=O)O)csc2Cl)c(=O)n1OC. The van der Waals surface area contributed by atoms with Crippen LogP contribution in [0.15, 0.2) is 15.1 Å². The number of sulfonamides is 1. The van der Waals surface area contributed by atoms with Gasteiger partial charge in [0.05, 0.1) is 12.7 Å². The van der Waals surface area contributed by atoms with Crippen molar-refractivity contribution in [1.29, 1.82) is 0 Å². The van der Waals surface area contributed by atoms with E-state index in [4.69, 9.17) is 21.4 Å².